The number of hydrogen-bond acceptors (Lipinski definition) is 5. The first kappa shape index (κ1) is 23.5. The Morgan fingerprint density at radius 1 is 1.31 bits per heavy atom. The SMILES string of the molecule is Cn1nc(C(F)(F)C(F)(F)F)c(O)c1N/C=C(\C=N)c1ccc(Cl)c(C(=O)NC2CC2)c1. The molecule has 172 valence electrons. The molecule has 1 aliphatic rings. The number of alkyl halides is 5. The van der Waals surface area contributed by atoms with Crippen LogP contribution in [0.5, 0.6) is 5.75 Å². The molecule has 0 bridgehead atoms. The van der Waals surface area contributed by atoms with E-state index in [2.05, 4.69) is 15.7 Å². The molecule has 1 saturated carbocycles. The number of carbonyl (C=O) groups excluding carboxylic acids is 1. The molecule has 0 spiro atoms. The average molecular weight is 478 g/mol. The third-order valence-electron chi connectivity index (χ3n) is 4.65. The molecule has 13 heteroatoms. The molecule has 1 aliphatic carbocycles. The Hall–Kier alpha value is -3.15. The first-order valence-electron chi connectivity index (χ1n) is 9.15. The van der Waals surface area contributed by atoms with Crippen molar-refractivity contribution in [3.05, 3.63) is 46.2 Å². The summed E-state index contributed by atoms with van der Waals surface area (Å²) in [7, 11) is 1.05. The summed E-state index contributed by atoms with van der Waals surface area (Å²) in [5.74, 6) is -7.72. The van der Waals surface area contributed by atoms with E-state index >= 15 is 0 Å². The first-order chi connectivity index (χ1) is 14.9. The summed E-state index contributed by atoms with van der Waals surface area (Å²) < 4.78 is 65.7. The van der Waals surface area contributed by atoms with Crippen molar-refractivity contribution < 1.29 is 31.9 Å². The van der Waals surface area contributed by atoms with Crippen molar-refractivity contribution in [3.63, 3.8) is 0 Å². The van der Waals surface area contributed by atoms with E-state index in [9.17, 15) is 31.9 Å². The maximum absolute atomic E-state index is 13.6. The van der Waals surface area contributed by atoms with Crippen molar-refractivity contribution in [2.75, 3.05) is 5.32 Å². The van der Waals surface area contributed by atoms with Gasteiger partial charge in [0.2, 0.25) is 0 Å². The Bertz CT molecular complexity index is 1090. The highest BCUT2D eigenvalue weighted by molar-refractivity contribution is 6.34. The number of carbonyl (C=O) groups is 1. The highest BCUT2D eigenvalue weighted by atomic mass is 35.5. The lowest BCUT2D eigenvalue weighted by atomic mass is 10.0. The van der Waals surface area contributed by atoms with Gasteiger partial charge < -0.3 is 21.1 Å². The fourth-order valence-electron chi connectivity index (χ4n) is 2.74. The molecule has 32 heavy (non-hydrogen) atoms. The Morgan fingerprint density at radius 3 is 2.53 bits per heavy atom. The molecule has 0 saturated heterocycles. The molecule has 0 radical (unpaired) electrons. The molecule has 0 aliphatic heterocycles. The lowest BCUT2D eigenvalue weighted by Gasteiger charge is -2.17. The molecule has 7 nitrogen and oxygen atoms in total. The summed E-state index contributed by atoms with van der Waals surface area (Å²) in [4.78, 5) is 12.3. The summed E-state index contributed by atoms with van der Waals surface area (Å²) in [6.07, 6.45) is -2.28. The van der Waals surface area contributed by atoms with Gasteiger partial charge in [-0.25, -0.2) is 4.68 Å². The third kappa shape index (κ3) is 4.54. The molecule has 1 aromatic carbocycles. The van der Waals surface area contributed by atoms with Crippen molar-refractivity contribution in [2.45, 2.75) is 31.0 Å². The number of rotatable bonds is 7. The molecule has 4 N–H and O–H groups in total. The van der Waals surface area contributed by atoms with Crippen molar-refractivity contribution in [1.82, 2.24) is 15.1 Å². The van der Waals surface area contributed by atoms with Crippen LogP contribution in [0, 0.1) is 5.41 Å². The van der Waals surface area contributed by atoms with Gasteiger partial charge in [0.1, 0.15) is 0 Å². The molecule has 1 heterocycles. The van der Waals surface area contributed by atoms with Crippen LogP contribution in [0.15, 0.2) is 24.4 Å². The minimum absolute atomic E-state index is 0.0819. The van der Waals surface area contributed by atoms with Crippen LogP contribution in [0.3, 0.4) is 0 Å². The number of nitrogens with zero attached hydrogens (tertiary/aromatic N) is 2. The standard InChI is InChI=1S/C19H17ClF5N5O2/c1-30-16(14(31)15(29-30)18(21,22)19(23,24)25)27-8-10(7-26)9-2-5-13(20)12(6-9)17(32)28-11-3-4-11/h2,5-8,11,26-27,31H,3-4H2,1H3,(H,28,32)/b10-8+,26-7?. The van der Waals surface area contributed by atoms with Gasteiger partial charge in [-0.05, 0) is 30.5 Å². The van der Waals surface area contributed by atoms with Crippen molar-refractivity contribution in [3.8, 4) is 5.75 Å². The highest BCUT2D eigenvalue weighted by Gasteiger charge is 2.62. The zero-order valence-corrected chi connectivity index (χ0v) is 17.2. The summed E-state index contributed by atoms with van der Waals surface area (Å²) >= 11 is 6.08. The quantitative estimate of drug-likeness (QED) is 0.350. The lowest BCUT2D eigenvalue weighted by molar-refractivity contribution is -0.291. The van der Waals surface area contributed by atoms with E-state index in [4.69, 9.17) is 17.0 Å². The van der Waals surface area contributed by atoms with Crippen LogP contribution in [0.1, 0.15) is 34.5 Å². The van der Waals surface area contributed by atoms with Gasteiger partial charge in [-0.1, -0.05) is 17.7 Å². The Labute approximate surface area is 183 Å². The topological polar surface area (TPSA) is 103 Å². The van der Waals surface area contributed by atoms with E-state index < -0.39 is 35.3 Å². The van der Waals surface area contributed by atoms with E-state index in [1.807, 2.05) is 0 Å². The summed E-state index contributed by atoms with van der Waals surface area (Å²) in [5.41, 5.74) is -1.25. The zero-order chi connectivity index (χ0) is 23.8. The number of aromatic nitrogens is 2. The van der Waals surface area contributed by atoms with Gasteiger partial charge in [0, 0.05) is 31.1 Å². The van der Waals surface area contributed by atoms with Crippen LogP contribution in [0.2, 0.25) is 5.02 Å². The fraction of sp³-hybridized carbons (Fsp3) is 0.316. The van der Waals surface area contributed by atoms with Crippen molar-refractivity contribution >= 4 is 35.1 Å². The lowest BCUT2D eigenvalue weighted by Crippen LogP contribution is -2.34. The minimum Gasteiger partial charge on any atom is -0.503 e. The molecule has 1 amide bonds. The largest absolute Gasteiger partial charge is 0.503 e. The summed E-state index contributed by atoms with van der Waals surface area (Å²) in [5, 5.41) is 25.9. The average Bonchev–Trinajstić information content (AvgIpc) is 3.47. The number of halogens is 6. The Balaban J connectivity index is 1.90. The van der Waals surface area contributed by atoms with Gasteiger partial charge >= 0.3 is 12.1 Å². The van der Waals surface area contributed by atoms with E-state index in [1.165, 1.54) is 18.2 Å². The number of aryl methyl sites for hydroxylation is 1. The van der Waals surface area contributed by atoms with Gasteiger partial charge in [0.05, 0.1) is 10.6 Å². The highest BCUT2D eigenvalue weighted by Crippen LogP contribution is 2.48. The predicted octanol–water partition coefficient (Wildman–Crippen LogP) is 4.43. The van der Waals surface area contributed by atoms with Gasteiger partial charge in [0.15, 0.2) is 17.3 Å². The second kappa shape index (κ2) is 8.41. The summed E-state index contributed by atoms with van der Waals surface area (Å²) in [6.45, 7) is 0. The molecular weight excluding hydrogens is 461 g/mol. The number of anilines is 1. The molecular formula is C19H17ClF5N5O2. The van der Waals surface area contributed by atoms with Crippen LogP contribution < -0.4 is 10.6 Å². The second-order valence-electron chi connectivity index (χ2n) is 7.07. The van der Waals surface area contributed by atoms with Gasteiger partial charge in [-0.15, -0.1) is 0 Å². The fourth-order valence-corrected chi connectivity index (χ4v) is 2.95. The van der Waals surface area contributed by atoms with Crippen LogP contribution in [-0.4, -0.2) is 39.2 Å². The first-order valence-corrected chi connectivity index (χ1v) is 9.53. The molecule has 0 atom stereocenters. The maximum Gasteiger partial charge on any atom is 0.459 e. The summed E-state index contributed by atoms with van der Waals surface area (Å²) in [6, 6.07) is 4.41. The molecule has 1 fully saturated rings. The van der Waals surface area contributed by atoms with Gasteiger partial charge in [0.25, 0.3) is 5.91 Å². The van der Waals surface area contributed by atoms with Gasteiger partial charge in [-0.3, -0.25) is 4.79 Å². The molecule has 1 aromatic heterocycles. The van der Waals surface area contributed by atoms with Crippen LogP contribution in [0.4, 0.5) is 27.8 Å². The number of benzene rings is 1. The zero-order valence-electron chi connectivity index (χ0n) is 16.4. The number of amides is 1. The molecule has 0 unspecified atom stereocenters. The number of allylic oxidation sites excluding steroid dienone is 1. The third-order valence-corrected chi connectivity index (χ3v) is 4.98. The number of nitrogens with one attached hydrogen (secondary N) is 3. The van der Waals surface area contributed by atoms with Gasteiger partial charge in [-0.2, -0.15) is 27.1 Å². The van der Waals surface area contributed by atoms with Crippen LogP contribution >= 0.6 is 11.6 Å². The Kier molecular flexibility index (Phi) is 6.18. The smallest absolute Gasteiger partial charge is 0.459 e. The van der Waals surface area contributed by atoms with E-state index in [0.29, 0.717) is 10.2 Å². The normalized spacial score (nSPS) is 14.9. The molecule has 3 rings (SSSR count). The minimum atomic E-state index is -5.95. The van der Waals surface area contributed by atoms with Crippen LogP contribution in [-0.2, 0) is 13.0 Å². The monoisotopic (exact) mass is 477 g/mol. The number of aromatic hydroxyl groups is 1. The van der Waals surface area contributed by atoms with Crippen LogP contribution in [0.25, 0.3) is 5.57 Å². The van der Waals surface area contributed by atoms with E-state index in [-0.39, 0.29) is 22.2 Å². The number of hydrogen-bond donors (Lipinski definition) is 4. The van der Waals surface area contributed by atoms with Crippen molar-refractivity contribution in [1.29, 1.82) is 5.41 Å². The molecule has 2 aromatic rings. The predicted molar refractivity (Wildman–Crippen MR) is 107 cm³/mol. The Morgan fingerprint density at radius 2 is 1.97 bits per heavy atom. The van der Waals surface area contributed by atoms with Crippen molar-refractivity contribution in [2.24, 2.45) is 7.05 Å². The van der Waals surface area contributed by atoms with E-state index in [1.54, 1.807) is 0 Å². The maximum atomic E-state index is 13.6. The van der Waals surface area contributed by atoms with E-state index in [0.717, 1.165) is 32.3 Å². The second-order valence-corrected chi connectivity index (χ2v) is 7.48.